The molecule has 1 rings (SSSR count). The Hall–Kier alpha value is -1.17. The zero-order chi connectivity index (χ0) is 16.6. The van der Waals surface area contributed by atoms with Crippen LogP contribution in [-0.4, -0.2) is 54.1 Å². The molecular formula is C17H28FNO3. The van der Waals surface area contributed by atoms with Crippen LogP contribution in [0.4, 0.5) is 4.39 Å². The minimum absolute atomic E-state index is 0.118. The Balaban J connectivity index is 2.44. The number of aliphatic hydroxyl groups is 2. The number of nitrogens with zero attached hydrogens (tertiary/aromatic N) is 1. The Morgan fingerprint density at radius 1 is 1.23 bits per heavy atom. The van der Waals surface area contributed by atoms with Gasteiger partial charge in [-0.15, -0.1) is 0 Å². The summed E-state index contributed by atoms with van der Waals surface area (Å²) in [5.41, 5.74) is 0.118. The van der Waals surface area contributed by atoms with Crippen LogP contribution in [0.3, 0.4) is 0 Å². The summed E-state index contributed by atoms with van der Waals surface area (Å²) in [5.74, 6) is 0.228. The minimum Gasteiger partial charge on any atom is -0.491 e. The van der Waals surface area contributed by atoms with Gasteiger partial charge >= 0.3 is 0 Å². The molecule has 22 heavy (non-hydrogen) atoms. The lowest BCUT2D eigenvalue weighted by atomic mass is 9.96. The van der Waals surface area contributed by atoms with E-state index in [2.05, 4.69) is 25.7 Å². The van der Waals surface area contributed by atoms with E-state index in [0.717, 1.165) is 13.1 Å². The van der Waals surface area contributed by atoms with Crippen molar-refractivity contribution >= 4 is 0 Å². The first-order valence-electron chi connectivity index (χ1n) is 7.70. The molecule has 5 heteroatoms. The van der Waals surface area contributed by atoms with Crippen LogP contribution in [0, 0.1) is 11.2 Å². The molecule has 0 fully saturated rings. The molecule has 0 aliphatic heterocycles. The highest BCUT2D eigenvalue weighted by atomic mass is 19.1. The van der Waals surface area contributed by atoms with Gasteiger partial charge in [0, 0.05) is 26.2 Å². The van der Waals surface area contributed by atoms with E-state index in [0.29, 0.717) is 18.7 Å². The van der Waals surface area contributed by atoms with Gasteiger partial charge in [-0.2, -0.15) is 0 Å². The number of rotatable bonds is 9. The first-order valence-corrected chi connectivity index (χ1v) is 7.70. The zero-order valence-electron chi connectivity index (χ0n) is 13.8. The average molecular weight is 313 g/mol. The Kier molecular flexibility index (Phi) is 7.79. The summed E-state index contributed by atoms with van der Waals surface area (Å²) in [6.07, 6.45) is 0.0489. The fraction of sp³-hybridized carbons (Fsp3) is 0.647. The molecule has 1 aromatic carbocycles. The maximum Gasteiger partial charge on any atom is 0.123 e. The van der Waals surface area contributed by atoms with Crippen LogP contribution in [0.5, 0.6) is 5.75 Å². The largest absolute Gasteiger partial charge is 0.491 e. The fourth-order valence-electron chi connectivity index (χ4n) is 2.27. The third kappa shape index (κ3) is 8.32. The number of halogens is 1. The molecule has 2 N–H and O–H groups in total. The van der Waals surface area contributed by atoms with Crippen molar-refractivity contribution < 1.29 is 19.3 Å². The molecule has 0 aliphatic rings. The van der Waals surface area contributed by atoms with Gasteiger partial charge in [0.25, 0.3) is 0 Å². The first kappa shape index (κ1) is 18.9. The van der Waals surface area contributed by atoms with E-state index < -0.39 is 6.10 Å². The van der Waals surface area contributed by atoms with E-state index in [1.54, 1.807) is 12.1 Å². The lowest BCUT2D eigenvalue weighted by Crippen LogP contribution is -2.40. The fourth-order valence-corrected chi connectivity index (χ4v) is 2.27. The highest BCUT2D eigenvalue weighted by molar-refractivity contribution is 5.22. The Morgan fingerprint density at radius 3 is 2.41 bits per heavy atom. The van der Waals surface area contributed by atoms with Crippen LogP contribution in [0.25, 0.3) is 0 Å². The summed E-state index contributed by atoms with van der Waals surface area (Å²) in [6.45, 7) is 8.77. The van der Waals surface area contributed by atoms with Crippen molar-refractivity contribution in [1.29, 1.82) is 0 Å². The normalized spacial score (nSPS) is 13.4. The minimum atomic E-state index is -0.633. The smallest absolute Gasteiger partial charge is 0.123 e. The molecule has 0 amide bonds. The van der Waals surface area contributed by atoms with E-state index in [1.807, 2.05) is 0 Å². The summed E-state index contributed by atoms with van der Waals surface area (Å²) in [6, 6.07) is 5.74. The molecule has 4 nitrogen and oxygen atoms in total. The van der Waals surface area contributed by atoms with Gasteiger partial charge in [-0.3, -0.25) is 0 Å². The van der Waals surface area contributed by atoms with E-state index in [1.165, 1.54) is 12.1 Å². The SMILES string of the molecule is CC(C)(C)CN(CCCO)CC(O)COc1ccc(F)cc1. The quantitative estimate of drug-likeness (QED) is 0.734. The monoisotopic (exact) mass is 313 g/mol. The van der Waals surface area contributed by atoms with Crippen LogP contribution < -0.4 is 4.74 Å². The second-order valence-corrected chi connectivity index (χ2v) is 6.79. The van der Waals surface area contributed by atoms with Gasteiger partial charge in [-0.25, -0.2) is 4.39 Å². The lowest BCUT2D eigenvalue weighted by Gasteiger charge is -2.31. The number of hydrogen-bond donors (Lipinski definition) is 2. The van der Waals surface area contributed by atoms with Gasteiger partial charge in [0.15, 0.2) is 0 Å². The second kappa shape index (κ2) is 9.08. The summed E-state index contributed by atoms with van der Waals surface area (Å²) < 4.78 is 18.3. The summed E-state index contributed by atoms with van der Waals surface area (Å²) in [7, 11) is 0. The highest BCUT2D eigenvalue weighted by Crippen LogP contribution is 2.16. The van der Waals surface area contributed by atoms with Crippen molar-refractivity contribution in [3.8, 4) is 5.75 Å². The molecule has 1 aromatic rings. The van der Waals surface area contributed by atoms with Crippen molar-refractivity contribution in [2.75, 3.05) is 32.8 Å². The second-order valence-electron chi connectivity index (χ2n) is 6.79. The Bertz CT molecular complexity index is 417. The van der Waals surface area contributed by atoms with Gasteiger partial charge < -0.3 is 19.8 Å². The van der Waals surface area contributed by atoms with Crippen molar-refractivity contribution in [2.45, 2.75) is 33.3 Å². The molecular weight excluding hydrogens is 285 g/mol. The van der Waals surface area contributed by atoms with E-state index in [9.17, 15) is 9.50 Å². The van der Waals surface area contributed by atoms with Crippen molar-refractivity contribution in [3.63, 3.8) is 0 Å². The number of aliphatic hydroxyl groups excluding tert-OH is 2. The molecule has 0 saturated heterocycles. The average Bonchev–Trinajstić information content (AvgIpc) is 2.42. The van der Waals surface area contributed by atoms with Crippen LogP contribution in [0.15, 0.2) is 24.3 Å². The van der Waals surface area contributed by atoms with Crippen LogP contribution in [0.2, 0.25) is 0 Å². The van der Waals surface area contributed by atoms with Crippen molar-refractivity contribution in [2.24, 2.45) is 5.41 Å². The third-order valence-corrected chi connectivity index (χ3v) is 3.06. The lowest BCUT2D eigenvalue weighted by molar-refractivity contribution is 0.0539. The van der Waals surface area contributed by atoms with Gasteiger partial charge in [0.05, 0.1) is 0 Å². The summed E-state index contributed by atoms with van der Waals surface area (Å²) in [5, 5.41) is 19.1. The molecule has 0 spiro atoms. The third-order valence-electron chi connectivity index (χ3n) is 3.06. The first-order chi connectivity index (χ1) is 10.3. The Labute approximate surface area is 132 Å². The molecule has 1 unspecified atom stereocenters. The molecule has 0 aromatic heterocycles. The molecule has 126 valence electrons. The molecule has 1 atom stereocenters. The van der Waals surface area contributed by atoms with Gasteiger partial charge in [-0.05, 0) is 36.1 Å². The van der Waals surface area contributed by atoms with Crippen LogP contribution >= 0.6 is 0 Å². The highest BCUT2D eigenvalue weighted by Gasteiger charge is 2.19. The standard InChI is InChI=1S/C17H28FNO3/c1-17(2,3)13-19(9-4-10-20)11-15(21)12-22-16-7-5-14(18)6-8-16/h5-8,15,20-21H,4,9-13H2,1-3H3. The molecule has 0 radical (unpaired) electrons. The van der Waals surface area contributed by atoms with Crippen molar-refractivity contribution in [1.82, 2.24) is 4.90 Å². The van der Waals surface area contributed by atoms with Gasteiger partial charge in [-0.1, -0.05) is 20.8 Å². The molecule has 0 heterocycles. The van der Waals surface area contributed by atoms with Gasteiger partial charge in [0.2, 0.25) is 0 Å². The zero-order valence-corrected chi connectivity index (χ0v) is 13.8. The molecule has 0 aliphatic carbocycles. The van der Waals surface area contributed by atoms with Crippen molar-refractivity contribution in [3.05, 3.63) is 30.1 Å². The summed E-state index contributed by atoms with van der Waals surface area (Å²) >= 11 is 0. The predicted octanol–water partition coefficient (Wildman–Crippen LogP) is 2.30. The number of hydrogen-bond acceptors (Lipinski definition) is 4. The maximum atomic E-state index is 12.8. The number of ether oxygens (including phenoxy) is 1. The van der Waals surface area contributed by atoms with Crippen LogP contribution in [-0.2, 0) is 0 Å². The maximum absolute atomic E-state index is 12.8. The van der Waals surface area contributed by atoms with Gasteiger partial charge in [0.1, 0.15) is 24.3 Å². The van der Waals surface area contributed by atoms with E-state index in [4.69, 9.17) is 9.84 Å². The van der Waals surface area contributed by atoms with E-state index in [-0.39, 0.29) is 24.4 Å². The Morgan fingerprint density at radius 2 is 1.86 bits per heavy atom. The van der Waals surface area contributed by atoms with Crippen LogP contribution in [0.1, 0.15) is 27.2 Å². The molecule has 0 saturated carbocycles. The topological polar surface area (TPSA) is 52.9 Å². The molecule has 0 bridgehead atoms. The number of benzene rings is 1. The summed E-state index contributed by atoms with van der Waals surface area (Å²) in [4.78, 5) is 2.13. The van der Waals surface area contributed by atoms with E-state index >= 15 is 0 Å². The predicted molar refractivity (Wildman–Crippen MR) is 85.5 cm³/mol.